The van der Waals surface area contributed by atoms with Gasteiger partial charge in [-0.1, -0.05) is 35.3 Å². The highest BCUT2D eigenvalue weighted by molar-refractivity contribution is 7.22. The monoisotopic (exact) mass is 1060 g/mol. The molecule has 0 N–H and O–H groups in total. The fourth-order valence-electron chi connectivity index (χ4n) is 8.49. The van der Waals surface area contributed by atoms with Crippen LogP contribution in [0.1, 0.15) is 43.2 Å². The molecule has 1 saturated heterocycles. The highest BCUT2D eigenvalue weighted by Crippen LogP contribution is 2.53. The molecule has 1 fully saturated rings. The van der Waals surface area contributed by atoms with E-state index in [1.165, 1.54) is 29.8 Å². The minimum absolute atomic E-state index is 0.0238. The lowest BCUT2D eigenvalue weighted by Crippen LogP contribution is -2.49. The maximum Gasteiger partial charge on any atom is 0.348 e. The Hall–Kier alpha value is -5.37. The molecule has 73 heavy (non-hydrogen) atoms. The quantitative estimate of drug-likeness (QED) is 0.0631. The Labute approximate surface area is 439 Å². The van der Waals surface area contributed by atoms with Crippen LogP contribution in [-0.2, 0) is 36.8 Å². The molecule has 6 aromatic rings. The molecule has 19 heteroatoms. The number of carbonyl (C=O) groups is 1. The molecule has 0 aliphatic carbocycles. The predicted molar refractivity (Wildman–Crippen MR) is 280 cm³/mol. The summed E-state index contributed by atoms with van der Waals surface area (Å²) in [4.78, 5) is 34.5. The third-order valence-corrected chi connectivity index (χ3v) is 14.3. The molecule has 3 aromatic carbocycles. The van der Waals surface area contributed by atoms with Crippen LogP contribution in [0.2, 0.25) is 10.0 Å². The number of carbonyl (C=O) groups excluding carboxylic acids is 1. The van der Waals surface area contributed by atoms with Crippen molar-refractivity contribution in [2.45, 2.75) is 65.5 Å². The third kappa shape index (κ3) is 13.9. The lowest BCUT2D eigenvalue weighted by molar-refractivity contribution is -0.163. The number of piperazine rings is 1. The Bertz CT molecular complexity index is 2800. The number of benzene rings is 3. The molecule has 0 radical (unpaired) electrons. The van der Waals surface area contributed by atoms with Gasteiger partial charge >= 0.3 is 5.97 Å². The van der Waals surface area contributed by atoms with Crippen LogP contribution in [0.5, 0.6) is 28.9 Å². The molecule has 0 unspecified atom stereocenters. The van der Waals surface area contributed by atoms with Crippen molar-refractivity contribution in [3.8, 4) is 50.4 Å². The SMILES string of the molecule is COCCOCCOCCOc1ccc(COc2ccc3cc2C[C@H](C(=O)OC(C)(C)C)Oc2ncnc4sc(-c5ccc(F)cc5)c(c24)-c2c(C)c(Cl)c(c(Cl)c2C)O[C@H](CN2CCN(C)CC2)CO3)nc1. The van der Waals surface area contributed by atoms with E-state index in [4.69, 9.17) is 75.8 Å². The van der Waals surface area contributed by atoms with Gasteiger partial charge < -0.3 is 47.5 Å². The molecular weight excluding hydrogens is 1000 g/mol. The fourth-order valence-corrected chi connectivity index (χ4v) is 10.2. The number of ether oxygens (including phenoxy) is 9. The summed E-state index contributed by atoms with van der Waals surface area (Å²) in [6.45, 7) is 16.1. The Morgan fingerprint density at radius 2 is 1.56 bits per heavy atom. The molecule has 4 bridgehead atoms. The second kappa shape index (κ2) is 24.8. The van der Waals surface area contributed by atoms with Crippen LogP contribution in [0, 0.1) is 19.7 Å². The average Bonchev–Trinajstić information content (AvgIpc) is 3.75. The number of thiophene rings is 1. The minimum atomic E-state index is -1.26. The first-order valence-electron chi connectivity index (χ1n) is 24.3. The fraction of sp³-hybridized carbons (Fsp3) is 0.444. The highest BCUT2D eigenvalue weighted by atomic mass is 35.5. The number of pyridine rings is 1. The molecule has 0 saturated carbocycles. The summed E-state index contributed by atoms with van der Waals surface area (Å²) in [6.07, 6.45) is 1.21. The van der Waals surface area contributed by atoms with E-state index in [0.29, 0.717) is 129 Å². The van der Waals surface area contributed by atoms with Gasteiger partial charge in [0.1, 0.15) is 65.7 Å². The van der Waals surface area contributed by atoms with Crippen molar-refractivity contribution in [1.29, 1.82) is 0 Å². The van der Waals surface area contributed by atoms with Crippen molar-refractivity contribution >= 4 is 50.7 Å². The van der Waals surface area contributed by atoms with Crippen LogP contribution in [0.25, 0.3) is 31.8 Å². The molecule has 6 heterocycles. The smallest absolute Gasteiger partial charge is 0.348 e. The second-order valence-corrected chi connectivity index (χ2v) is 20.6. The third-order valence-electron chi connectivity index (χ3n) is 12.2. The summed E-state index contributed by atoms with van der Waals surface area (Å²) in [6, 6.07) is 15.3. The number of esters is 1. The van der Waals surface area contributed by atoms with Gasteiger partial charge in [-0.15, -0.1) is 11.3 Å². The van der Waals surface area contributed by atoms with Crippen molar-refractivity contribution in [2.75, 3.05) is 93.1 Å². The van der Waals surface area contributed by atoms with Crippen LogP contribution in [0.3, 0.4) is 0 Å². The van der Waals surface area contributed by atoms with Gasteiger partial charge in [0.15, 0.2) is 5.75 Å². The topological polar surface area (TPSA) is 145 Å². The van der Waals surface area contributed by atoms with E-state index in [2.05, 4.69) is 21.8 Å². The zero-order valence-electron chi connectivity index (χ0n) is 42.3. The molecular formula is C54H62Cl2FN5O10S. The number of halogens is 3. The number of fused-ring (bicyclic) bond motifs is 7. The van der Waals surface area contributed by atoms with Gasteiger partial charge in [0, 0.05) is 62.3 Å². The van der Waals surface area contributed by atoms with E-state index in [1.54, 1.807) is 52.3 Å². The van der Waals surface area contributed by atoms with Crippen LogP contribution in [0.4, 0.5) is 4.39 Å². The first-order chi connectivity index (χ1) is 35.1. The largest absolute Gasteiger partial charge is 0.490 e. The first kappa shape index (κ1) is 53.9. The Balaban J connectivity index is 1.17. The van der Waals surface area contributed by atoms with Gasteiger partial charge in [-0.2, -0.15) is 0 Å². The number of nitrogens with zero attached hydrogens (tertiary/aromatic N) is 5. The van der Waals surface area contributed by atoms with Gasteiger partial charge in [-0.25, -0.2) is 19.2 Å². The Morgan fingerprint density at radius 1 is 0.849 bits per heavy atom. The molecule has 15 nitrogen and oxygen atoms in total. The zero-order chi connectivity index (χ0) is 51.6. The number of rotatable bonds is 17. The summed E-state index contributed by atoms with van der Waals surface area (Å²) in [7, 11) is 3.74. The lowest BCUT2D eigenvalue weighted by atomic mass is 9.92. The van der Waals surface area contributed by atoms with E-state index in [-0.39, 0.29) is 31.3 Å². The lowest BCUT2D eigenvalue weighted by Gasteiger charge is -2.35. The average molecular weight is 1060 g/mol. The molecule has 0 amide bonds. The van der Waals surface area contributed by atoms with Crippen molar-refractivity contribution in [3.63, 3.8) is 0 Å². The molecule has 9 rings (SSSR count). The van der Waals surface area contributed by atoms with Crippen molar-refractivity contribution in [3.05, 3.63) is 105 Å². The first-order valence-corrected chi connectivity index (χ1v) is 25.8. The maximum absolute atomic E-state index is 14.5. The van der Waals surface area contributed by atoms with Gasteiger partial charge in [-0.3, -0.25) is 9.88 Å². The number of aromatic nitrogens is 3. The molecule has 390 valence electrons. The van der Waals surface area contributed by atoms with Crippen molar-refractivity contribution in [2.24, 2.45) is 0 Å². The van der Waals surface area contributed by atoms with Gasteiger partial charge in [0.05, 0.1) is 60.4 Å². The normalized spacial score (nSPS) is 16.6. The van der Waals surface area contributed by atoms with E-state index in [0.717, 1.165) is 31.1 Å². The van der Waals surface area contributed by atoms with E-state index >= 15 is 0 Å². The summed E-state index contributed by atoms with van der Waals surface area (Å²) < 4.78 is 69.2. The summed E-state index contributed by atoms with van der Waals surface area (Å²) >= 11 is 16.2. The van der Waals surface area contributed by atoms with E-state index in [1.807, 2.05) is 38.1 Å². The van der Waals surface area contributed by atoms with Crippen molar-refractivity contribution < 1.29 is 51.8 Å². The van der Waals surface area contributed by atoms with E-state index < -0.39 is 23.8 Å². The number of hydrogen-bond donors (Lipinski definition) is 0. The second-order valence-electron chi connectivity index (χ2n) is 18.9. The number of hydrogen-bond acceptors (Lipinski definition) is 16. The summed E-state index contributed by atoms with van der Waals surface area (Å²) in [5, 5.41) is 1.14. The highest BCUT2D eigenvalue weighted by Gasteiger charge is 2.34. The van der Waals surface area contributed by atoms with Gasteiger partial charge in [-0.05, 0) is 106 Å². The summed E-state index contributed by atoms with van der Waals surface area (Å²) in [5.41, 5.74) is 3.76. The van der Waals surface area contributed by atoms with Gasteiger partial charge in [0.25, 0.3) is 0 Å². The Morgan fingerprint density at radius 3 is 2.25 bits per heavy atom. The number of likely N-dealkylation sites (N-methyl/N-ethyl adjacent to an activating group) is 1. The van der Waals surface area contributed by atoms with Crippen LogP contribution in [0.15, 0.2) is 67.1 Å². The minimum Gasteiger partial charge on any atom is -0.490 e. The Kier molecular flexibility index (Phi) is 18.3. The van der Waals surface area contributed by atoms with Crippen molar-refractivity contribution in [1.82, 2.24) is 24.8 Å². The molecule has 2 atom stereocenters. The van der Waals surface area contributed by atoms with Crippen LogP contribution >= 0.6 is 34.5 Å². The van der Waals surface area contributed by atoms with Gasteiger partial charge in [0.2, 0.25) is 12.0 Å². The number of methoxy groups -OCH3 is 1. The molecule has 3 aromatic heterocycles. The van der Waals surface area contributed by atoms with Crippen LogP contribution < -0.4 is 23.7 Å². The standard InChI is InChI=1S/C54H62Cl2FN5O10S/c1-33-44-34(2)48(56)49(47(33)55)70-41(29-62-18-16-61(6)17-19-62)31-68-39-14-15-42(69-30-38-12-13-40(28-58-38)67-25-24-66-23-22-65-21-20-64-7)36(26-39)27-43(53(63)72-54(3,4)5)71-51-46-45(44)50(73-52(46)60-32-59-51)35-8-10-37(57)11-9-35/h8-15,26,28,32,41,43H,16-25,27,29-31H2,1-7H3/t41-,43-/m1/s1. The molecule has 3 aliphatic heterocycles. The molecule has 0 spiro atoms. The summed E-state index contributed by atoms with van der Waals surface area (Å²) in [5.74, 6) is 0.966. The maximum atomic E-state index is 14.5. The molecule has 3 aliphatic rings. The van der Waals surface area contributed by atoms with Crippen LogP contribution in [-0.4, -0.2) is 142 Å². The zero-order valence-corrected chi connectivity index (χ0v) is 44.6. The predicted octanol–water partition coefficient (Wildman–Crippen LogP) is 9.84. The van der Waals surface area contributed by atoms with E-state index in [9.17, 15) is 9.18 Å².